The van der Waals surface area contributed by atoms with Crippen molar-refractivity contribution in [2.75, 3.05) is 13.2 Å². The zero-order valence-electron chi connectivity index (χ0n) is 41.2. The number of ether oxygens (including phenoxy) is 2. The third kappa shape index (κ3) is 50.9. The largest absolute Gasteiger partial charge is 0.462 e. The summed E-state index contributed by atoms with van der Waals surface area (Å²) in [6, 6.07) is 0. The Morgan fingerprint density at radius 1 is 0.377 bits per heavy atom. The third-order valence-electron chi connectivity index (χ3n) is 12.5. The molecule has 0 rings (SSSR count). The molecular weight excluding hydrogens is 753 g/mol. The van der Waals surface area contributed by atoms with Crippen LogP contribution in [0.15, 0.2) is 24.3 Å². The zero-order chi connectivity index (χ0) is 44.2. The monoisotopic (exact) mass is 859 g/mol. The summed E-state index contributed by atoms with van der Waals surface area (Å²) >= 11 is 0. The predicted octanol–water partition coefficient (Wildman–Crippen LogP) is 18.1. The van der Waals surface area contributed by atoms with Crippen molar-refractivity contribution in [3.05, 3.63) is 24.3 Å². The summed E-state index contributed by atoms with van der Waals surface area (Å²) < 4.78 is 10.7. The summed E-state index contributed by atoms with van der Waals surface area (Å²) in [6.07, 6.45) is 66.0. The van der Waals surface area contributed by atoms with Crippen LogP contribution in [0.3, 0.4) is 0 Å². The molecule has 0 bridgehead atoms. The van der Waals surface area contributed by atoms with Gasteiger partial charge >= 0.3 is 11.9 Å². The van der Waals surface area contributed by atoms with Crippen LogP contribution < -0.4 is 0 Å². The quantitative estimate of drug-likeness (QED) is 0.0375. The summed E-state index contributed by atoms with van der Waals surface area (Å²) in [4.78, 5) is 24.4. The molecule has 1 atom stereocenters. The molecule has 61 heavy (non-hydrogen) atoms. The van der Waals surface area contributed by atoms with Crippen LogP contribution >= 0.6 is 0 Å². The minimum absolute atomic E-state index is 0.0668. The summed E-state index contributed by atoms with van der Waals surface area (Å²) in [6.45, 7) is 4.10. The van der Waals surface area contributed by atoms with Crippen molar-refractivity contribution >= 4 is 11.9 Å². The van der Waals surface area contributed by atoms with Crippen LogP contribution in [0.5, 0.6) is 0 Å². The molecule has 0 saturated heterocycles. The Morgan fingerprint density at radius 2 is 0.689 bits per heavy atom. The minimum atomic E-state index is -0.775. The molecule has 1 unspecified atom stereocenters. The first-order valence-electron chi connectivity index (χ1n) is 27.4. The molecule has 0 aromatic rings. The number of carbonyl (C=O) groups is 2. The fourth-order valence-corrected chi connectivity index (χ4v) is 8.36. The van der Waals surface area contributed by atoms with Crippen LogP contribution in [0.2, 0.25) is 0 Å². The van der Waals surface area contributed by atoms with Gasteiger partial charge in [-0.3, -0.25) is 9.59 Å². The molecule has 1 N–H and O–H groups in total. The highest BCUT2D eigenvalue weighted by atomic mass is 16.6. The van der Waals surface area contributed by atoms with Gasteiger partial charge in [-0.05, 0) is 38.5 Å². The van der Waals surface area contributed by atoms with Gasteiger partial charge in [-0.2, -0.15) is 0 Å². The first kappa shape index (κ1) is 59.4. The van der Waals surface area contributed by atoms with Crippen molar-refractivity contribution in [2.45, 2.75) is 309 Å². The summed E-state index contributed by atoms with van der Waals surface area (Å²) in [5.41, 5.74) is 0. The second-order valence-corrected chi connectivity index (χ2v) is 18.7. The molecule has 360 valence electrons. The Kier molecular flexibility index (Phi) is 51.3. The topological polar surface area (TPSA) is 72.8 Å². The standard InChI is InChI=1S/C56H106O5/c1-3-5-7-9-11-13-15-17-18-19-20-21-22-23-24-25-26-27-28-29-30-31-32-33-34-35-36-37-39-40-42-44-46-48-50-55(58)60-53-54(52-57)61-56(59)51-49-47-45-43-41-38-16-14-12-10-8-6-4-2/h8,10,14,16,54,57H,3-7,9,11-13,15,17-53H2,1-2H3/b10-8-,16-14-. The molecule has 0 spiro atoms. The van der Waals surface area contributed by atoms with Crippen LogP contribution in [-0.4, -0.2) is 36.4 Å². The van der Waals surface area contributed by atoms with E-state index < -0.39 is 6.10 Å². The molecule has 0 aliphatic rings. The van der Waals surface area contributed by atoms with E-state index in [0.717, 1.165) is 57.8 Å². The Morgan fingerprint density at radius 3 is 1.03 bits per heavy atom. The summed E-state index contributed by atoms with van der Waals surface area (Å²) in [5.74, 6) is -0.594. The highest BCUT2D eigenvalue weighted by molar-refractivity contribution is 5.70. The van der Waals surface area contributed by atoms with Crippen molar-refractivity contribution in [3.8, 4) is 0 Å². The lowest BCUT2D eigenvalue weighted by Crippen LogP contribution is -2.28. The van der Waals surface area contributed by atoms with Crippen LogP contribution in [0.25, 0.3) is 0 Å². The van der Waals surface area contributed by atoms with E-state index in [0.29, 0.717) is 12.8 Å². The Labute approximate surface area is 381 Å². The molecule has 0 aliphatic carbocycles. The first-order chi connectivity index (χ1) is 30.1. The molecular formula is C56H106O5. The zero-order valence-corrected chi connectivity index (χ0v) is 41.2. The fourth-order valence-electron chi connectivity index (χ4n) is 8.36. The highest BCUT2D eigenvalue weighted by Gasteiger charge is 2.16. The normalized spacial score (nSPS) is 12.2. The van der Waals surface area contributed by atoms with E-state index >= 15 is 0 Å². The van der Waals surface area contributed by atoms with E-state index in [1.807, 2.05) is 0 Å². The maximum Gasteiger partial charge on any atom is 0.306 e. The second kappa shape index (κ2) is 52.7. The minimum Gasteiger partial charge on any atom is -0.462 e. The van der Waals surface area contributed by atoms with Gasteiger partial charge in [0.1, 0.15) is 6.61 Å². The number of hydrogen-bond acceptors (Lipinski definition) is 5. The van der Waals surface area contributed by atoms with Gasteiger partial charge in [0.25, 0.3) is 0 Å². The number of unbranched alkanes of at least 4 members (excludes halogenated alkanes) is 39. The van der Waals surface area contributed by atoms with Crippen LogP contribution in [0.4, 0.5) is 0 Å². The van der Waals surface area contributed by atoms with E-state index in [1.165, 1.54) is 218 Å². The van der Waals surface area contributed by atoms with Gasteiger partial charge in [0.2, 0.25) is 0 Å². The molecule has 5 heteroatoms. The molecule has 0 heterocycles. The Bertz CT molecular complexity index is 928. The summed E-state index contributed by atoms with van der Waals surface area (Å²) in [7, 11) is 0. The molecule has 0 amide bonds. The molecule has 5 nitrogen and oxygen atoms in total. The molecule has 0 saturated carbocycles. The van der Waals surface area contributed by atoms with Crippen molar-refractivity contribution < 1.29 is 24.2 Å². The second-order valence-electron chi connectivity index (χ2n) is 18.7. The van der Waals surface area contributed by atoms with Crippen molar-refractivity contribution in [2.24, 2.45) is 0 Å². The van der Waals surface area contributed by atoms with E-state index in [-0.39, 0.29) is 25.2 Å². The van der Waals surface area contributed by atoms with Crippen molar-refractivity contribution in [1.82, 2.24) is 0 Å². The van der Waals surface area contributed by atoms with E-state index in [9.17, 15) is 14.7 Å². The third-order valence-corrected chi connectivity index (χ3v) is 12.5. The molecule has 0 aliphatic heterocycles. The summed E-state index contributed by atoms with van der Waals surface area (Å²) in [5, 5.41) is 9.60. The molecule has 0 fully saturated rings. The molecule has 0 radical (unpaired) electrons. The number of carbonyl (C=O) groups excluding carboxylic acids is 2. The van der Waals surface area contributed by atoms with Crippen molar-refractivity contribution in [3.63, 3.8) is 0 Å². The van der Waals surface area contributed by atoms with Gasteiger partial charge in [0.05, 0.1) is 6.61 Å². The van der Waals surface area contributed by atoms with Crippen LogP contribution in [-0.2, 0) is 19.1 Å². The van der Waals surface area contributed by atoms with Crippen LogP contribution in [0.1, 0.15) is 303 Å². The lowest BCUT2D eigenvalue weighted by Gasteiger charge is -2.15. The van der Waals surface area contributed by atoms with Gasteiger partial charge in [0, 0.05) is 12.8 Å². The smallest absolute Gasteiger partial charge is 0.306 e. The number of hydrogen-bond donors (Lipinski definition) is 1. The lowest BCUT2D eigenvalue weighted by molar-refractivity contribution is -0.161. The number of esters is 2. The maximum absolute atomic E-state index is 12.2. The lowest BCUT2D eigenvalue weighted by atomic mass is 10.0. The fraction of sp³-hybridized carbons (Fsp3) is 0.893. The predicted molar refractivity (Wildman–Crippen MR) is 265 cm³/mol. The maximum atomic E-state index is 12.2. The van der Waals surface area contributed by atoms with Crippen molar-refractivity contribution in [1.29, 1.82) is 0 Å². The van der Waals surface area contributed by atoms with E-state index in [4.69, 9.17) is 9.47 Å². The number of aliphatic hydroxyl groups excluding tert-OH is 1. The van der Waals surface area contributed by atoms with E-state index in [1.54, 1.807) is 0 Å². The SMILES string of the molecule is CCC/C=C\C/C=C\CCCCCCCC(=O)OC(CO)COC(=O)CCCCCCCCCCCCCCCCCCCCCCCCCCCCCCCCCCCC. The average Bonchev–Trinajstić information content (AvgIpc) is 3.26. The number of allylic oxidation sites excluding steroid dienone is 4. The average molecular weight is 859 g/mol. The molecule has 0 aromatic carbocycles. The van der Waals surface area contributed by atoms with Gasteiger partial charge in [-0.1, -0.05) is 276 Å². The molecule has 0 aromatic heterocycles. The number of aliphatic hydroxyl groups is 1. The van der Waals surface area contributed by atoms with Gasteiger partial charge in [0.15, 0.2) is 6.10 Å². The number of rotatable bonds is 51. The van der Waals surface area contributed by atoms with E-state index in [2.05, 4.69) is 38.2 Å². The van der Waals surface area contributed by atoms with Gasteiger partial charge < -0.3 is 14.6 Å². The van der Waals surface area contributed by atoms with Crippen LogP contribution in [0, 0.1) is 0 Å². The van der Waals surface area contributed by atoms with Gasteiger partial charge in [-0.25, -0.2) is 0 Å². The Balaban J connectivity index is 3.36. The first-order valence-corrected chi connectivity index (χ1v) is 27.4. The Hall–Kier alpha value is -1.62. The van der Waals surface area contributed by atoms with Gasteiger partial charge in [-0.15, -0.1) is 0 Å². The highest BCUT2D eigenvalue weighted by Crippen LogP contribution is 2.18.